The number of H-pyrrole nitrogens is 1. The maximum Gasteiger partial charge on any atom is 0.235 e. The molecule has 3 heterocycles. The molecule has 3 aromatic carbocycles. The lowest BCUT2D eigenvalue weighted by Crippen LogP contribution is -2.55. The number of thiocarbonyl (C=S) groups is 1. The lowest BCUT2D eigenvalue weighted by atomic mass is 9.98. The van der Waals surface area contributed by atoms with Crippen molar-refractivity contribution in [2.45, 2.75) is 18.4 Å². The highest BCUT2D eigenvalue weighted by Gasteiger charge is 2.41. The molecule has 2 atom stereocenters. The van der Waals surface area contributed by atoms with Gasteiger partial charge in [-0.3, -0.25) is 9.69 Å². The Bertz CT molecular complexity index is 1440. The number of carbonyl (C=O) groups is 1. The molecule has 4 aromatic rings. The third-order valence-electron chi connectivity index (χ3n) is 7.10. The second kappa shape index (κ2) is 9.71. The molecule has 7 nitrogen and oxygen atoms in total. The van der Waals surface area contributed by atoms with Gasteiger partial charge in [0.15, 0.2) is 5.11 Å². The van der Waals surface area contributed by atoms with Crippen LogP contribution in [0.15, 0.2) is 85.1 Å². The first-order valence-electron chi connectivity index (χ1n) is 12.3. The molecule has 8 heteroatoms. The van der Waals surface area contributed by atoms with Crippen molar-refractivity contribution in [3.63, 3.8) is 0 Å². The standard InChI is InChI=1S/C29H27N5O2S/c1-36-22-13-11-21(12-14-22)34-27(35)15-26(28-31-17-25(32-28)19-7-3-2-4-8-19)33(29(34)37)18-20-16-30-24-10-6-5-9-23(20)24/h2-14,17,20,26,30H,15-16,18H2,1H3,(H,31,32)/t20?,26-/m0/s1. The van der Waals surface area contributed by atoms with Crippen LogP contribution in [0.4, 0.5) is 11.4 Å². The number of rotatable bonds is 6. The number of carbonyl (C=O) groups excluding carboxylic acids is 1. The topological polar surface area (TPSA) is 73.5 Å². The fourth-order valence-corrected chi connectivity index (χ4v) is 5.60. The number of nitrogens with zero attached hydrogens (tertiary/aromatic N) is 3. The lowest BCUT2D eigenvalue weighted by Gasteiger charge is -2.43. The molecule has 0 saturated carbocycles. The number of imidazole rings is 1. The van der Waals surface area contributed by atoms with Crippen molar-refractivity contribution in [1.82, 2.24) is 14.9 Å². The highest BCUT2D eigenvalue weighted by atomic mass is 32.1. The Morgan fingerprint density at radius 1 is 1.03 bits per heavy atom. The Labute approximate surface area is 221 Å². The van der Waals surface area contributed by atoms with Gasteiger partial charge >= 0.3 is 0 Å². The van der Waals surface area contributed by atoms with E-state index in [1.165, 1.54) is 5.56 Å². The highest BCUT2D eigenvalue weighted by molar-refractivity contribution is 7.80. The van der Waals surface area contributed by atoms with Gasteiger partial charge in [-0.15, -0.1) is 0 Å². The summed E-state index contributed by atoms with van der Waals surface area (Å²) >= 11 is 6.02. The van der Waals surface area contributed by atoms with Gasteiger partial charge in [-0.2, -0.15) is 0 Å². The van der Waals surface area contributed by atoms with Crippen LogP contribution in [-0.4, -0.2) is 46.1 Å². The third-order valence-corrected chi connectivity index (χ3v) is 7.52. The number of hydrogen-bond acceptors (Lipinski definition) is 5. The molecule has 1 aromatic heterocycles. The van der Waals surface area contributed by atoms with Crippen LogP contribution in [-0.2, 0) is 4.79 Å². The van der Waals surface area contributed by atoms with Gasteiger partial charge in [0.2, 0.25) is 5.91 Å². The van der Waals surface area contributed by atoms with Crippen molar-refractivity contribution >= 4 is 34.6 Å². The van der Waals surface area contributed by atoms with Crippen LogP contribution in [0.3, 0.4) is 0 Å². The van der Waals surface area contributed by atoms with Crippen LogP contribution >= 0.6 is 12.2 Å². The maximum atomic E-state index is 13.5. The molecule has 1 fully saturated rings. The molecule has 0 bridgehead atoms. The van der Waals surface area contributed by atoms with E-state index in [-0.39, 0.29) is 24.3 Å². The molecule has 1 unspecified atom stereocenters. The number of fused-ring (bicyclic) bond motifs is 1. The number of para-hydroxylation sites is 1. The summed E-state index contributed by atoms with van der Waals surface area (Å²) in [5.74, 6) is 1.64. The predicted molar refractivity (Wildman–Crippen MR) is 149 cm³/mol. The fraction of sp³-hybridized carbons (Fsp3) is 0.207. The average molecular weight is 510 g/mol. The van der Waals surface area contributed by atoms with Gasteiger partial charge in [0, 0.05) is 36.5 Å². The van der Waals surface area contributed by atoms with Crippen LogP contribution in [0, 0.1) is 0 Å². The average Bonchev–Trinajstić information content (AvgIpc) is 3.59. The van der Waals surface area contributed by atoms with E-state index in [4.69, 9.17) is 21.9 Å². The van der Waals surface area contributed by atoms with Gasteiger partial charge in [0.25, 0.3) is 0 Å². The normalized spacial score (nSPS) is 19.1. The summed E-state index contributed by atoms with van der Waals surface area (Å²) in [6, 6.07) is 25.5. The highest BCUT2D eigenvalue weighted by Crippen LogP contribution is 2.38. The molecule has 2 N–H and O–H groups in total. The molecule has 1 amide bonds. The van der Waals surface area contributed by atoms with Crippen molar-refractivity contribution in [1.29, 1.82) is 0 Å². The molecule has 0 aliphatic carbocycles. The Balaban J connectivity index is 1.35. The predicted octanol–water partition coefficient (Wildman–Crippen LogP) is 5.36. The number of methoxy groups -OCH3 is 1. The smallest absolute Gasteiger partial charge is 0.235 e. The summed E-state index contributed by atoms with van der Waals surface area (Å²) in [6.45, 7) is 1.48. The zero-order valence-corrected chi connectivity index (χ0v) is 21.2. The molecule has 0 spiro atoms. The Hall–Kier alpha value is -4.17. The fourth-order valence-electron chi connectivity index (χ4n) is 5.19. The van der Waals surface area contributed by atoms with Crippen LogP contribution in [0.25, 0.3) is 11.3 Å². The van der Waals surface area contributed by atoms with Crippen LogP contribution in [0.2, 0.25) is 0 Å². The van der Waals surface area contributed by atoms with Gasteiger partial charge < -0.3 is 19.9 Å². The second-order valence-electron chi connectivity index (χ2n) is 9.28. The molecule has 37 heavy (non-hydrogen) atoms. The van der Waals surface area contributed by atoms with Gasteiger partial charge in [-0.1, -0.05) is 48.5 Å². The molecular weight excluding hydrogens is 482 g/mol. The summed E-state index contributed by atoms with van der Waals surface area (Å²) in [5.41, 5.74) is 5.02. The van der Waals surface area contributed by atoms with E-state index in [1.807, 2.05) is 66.9 Å². The molecule has 0 radical (unpaired) electrons. The van der Waals surface area contributed by atoms with E-state index in [0.717, 1.165) is 40.8 Å². The summed E-state index contributed by atoms with van der Waals surface area (Å²) in [5, 5.41) is 3.99. The minimum absolute atomic E-state index is 0.0565. The SMILES string of the molecule is COc1ccc(N2C(=O)C[C@@H](c3nc(-c4ccccc4)c[nH]3)N(CC3CNc4ccccc43)C2=S)cc1. The first-order chi connectivity index (χ1) is 18.1. The van der Waals surface area contributed by atoms with Crippen LogP contribution in [0.1, 0.15) is 29.8 Å². The van der Waals surface area contributed by atoms with E-state index in [1.54, 1.807) is 12.0 Å². The molecular formula is C29H27N5O2S. The van der Waals surface area contributed by atoms with Crippen molar-refractivity contribution in [3.05, 3.63) is 96.4 Å². The molecule has 186 valence electrons. The minimum atomic E-state index is -0.292. The summed E-state index contributed by atoms with van der Waals surface area (Å²) in [6.07, 6.45) is 2.16. The minimum Gasteiger partial charge on any atom is -0.497 e. The third kappa shape index (κ3) is 4.34. The Kier molecular flexibility index (Phi) is 6.10. The Morgan fingerprint density at radius 3 is 2.57 bits per heavy atom. The Morgan fingerprint density at radius 2 is 1.78 bits per heavy atom. The van der Waals surface area contributed by atoms with Gasteiger partial charge in [-0.25, -0.2) is 4.98 Å². The molecule has 6 rings (SSSR count). The quantitative estimate of drug-likeness (QED) is 0.341. The van der Waals surface area contributed by atoms with Gasteiger partial charge in [0.1, 0.15) is 11.6 Å². The van der Waals surface area contributed by atoms with Crippen molar-refractivity contribution in [2.75, 3.05) is 30.4 Å². The maximum absolute atomic E-state index is 13.5. The monoisotopic (exact) mass is 509 g/mol. The number of benzene rings is 3. The second-order valence-corrected chi connectivity index (χ2v) is 9.65. The van der Waals surface area contributed by atoms with Crippen LogP contribution in [0.5, 0.6) is 5.75 Å². The number of aromatic amines is 1. The summed E-state index contributed by atoms with van der Waals surface area (Å²) < 4.78 is 5.30. The number of aromatic nitrogens is 2. The van der Waals surface area contributed by atoms with Crippen molar-refractivity contribution < 1.29 is 9.53 Å². The number of ether oxygens (including phenoxy) is 1. The van der Waals surface area contributed by atoms with E-state index < -0.39 is 0 Å². The van der Waals surface area contributed by atoms with Crippen LogP contribution < -0.4 is 15.0 Å². The first-order valence-corrected chi connectivity index (χ1v) is 12.7. The van der Waals surface area contributed by atoms with Gasteiger partial charge in [0.05, 0.1) is 31.0 Å². The zero-order chi connectivity index (χ0) is 25.4. The number of amides is 1. The van der Waals surface area contributed by atoms with E-state index >= 15 is 0 Å². The largest absolute Gasteiger partial charge is 0.497 e. The molecule has 1 saturated heterocycles. The van der Waals surface area contributed by atoms with E-state index in [9.17, 15) is 4.79 Å². The van der Waals surface area contributed by atoms with Crippen molar-refractivity contribution in [2.24, 2.45) is 0 Å². The number of anilines is 2. The summed E-state index contributed by atoms with van der Waals surface area (Å²) in [7, 11) is 1.62. The van der Waals surface area contributed by atoms with Crippen molar-refractivity contribution in [3.8, 4) is 17.0 Å². The van der Waals surface area contributed by atoms with E-state index in [0.29, 0.717) is 11.7 Å². The van der Waals surface area contributed by atoms with E-state index in [2.05, 4.69) is 33.4 Å². The first kappa shape index (κ1) is 23.2. The zero-order valence-electron chi connectivity index (χ0n) is 20.4. The van der Waals surface area contributed by atoms with Gasteiger partial charge in [-0.05, 0) is 48.1 Å². The number of nitrogens with one attached hydrogen (secondary N) is 2. The summed E-state index contributed by atoms with van der Waals surface area (Å²) in [4.78, 5) is 25.6. The lowest BCUT2D eigenvalue weighted by molar-refractivity contribution is -0.119. The number of hydrogen-bond donors (Lipinski definition) is 2. The molecule has 2 aliphatic heterocycles. The molecule has 2 aliphatic rings.